The molecule has 2 fully saturated rings. The lowest BCUT2D eigenvalue weighted by atomic mass is 9.78. The Morgan fingerprint density at radius 2 is 1.75 bits per heavy atom. The van der Waals surface area contributed by atoms with E-state index in [9.17, 15) is 18.3 Å². The van der Waals surface area contributed by atoms with Crippen LogP contribution < -0.4 is 21.1 Å². The quantitative estimate of drug-likeness (QED) is 0.191. The van der Waals surface area contributed by atoms with Crippen LogP contribution in [0.15, 0.2) is 53.4 Å². The Balaban J connectivity index is 1.57. The molecule has 4 rings (SSSR count). The Labute approximate surface area is 285 Å². The number of hydrogen-bond acceptors (Lipinski definition) is 10. The summed E-state index contributed by atoms with van der Waals surface area (Å²) in [6, 6.07) is 12.4. The molecule has 2 aliphatic rings. The highest BCUT2D eigenvalue weighted by atomic mass is 32.2. The number of nitrogens with two attached hydrogens (primary N) is 1. The minimum Gasteiger partial charge on any atom is -0.497 e. The molecule has 268 valence electrons. The van der Waals surface area contributed by atoms with Gasteiger partial charge in [0.05, 0.1) is 48.8 Å². The van der Waals surface area contributed by atoms with E-state index in [1.54, 1.807) is 19.2 Å². The number of amides is 1. The molecule has 1 amide bonds. The number of methoxy groups -OCH3 is 1. The van der Waals surface area contributed by atoms with Crippen molar-refractivity contribution in [2.75, 3.05) is 45.7 Å². The molecular weight excluding hydrogens is 636 g/mol. The highest BCUT2D eigenvalue weighted by Gasteiger charge is 2.55. The monoisotopic (exact) mass is 690 g/mol. The molecule has 0 saturated carbocycles. The first-order valence-corrected chi connectivity index (χ1v) is 18.3. The van der Waals surface area contributed by atoms with E-state index in [-0.39, 0.29) is 36.2 Å². The van der Waals surface area contributed by atoms with E-state index in [4.69, 9.17) is 24.7 Å². The third-order valence-corrected chi connectivity index (χ3v) is 11.0. The van der Waals surface area contributed by atoms with Gasteiger partial charge >= 0.3 is 6.09 Å². The molecule has 0 aliphatic carbocycles. The highest BCUT2D eigenvalue weighted by Crippen LogP contribution is 2.41. The molecule has 12 nitrogen and oxygen atoms in total. The van der Waals surface area contributed by atoms with Gasteiger partial charge in [-0.2, -0.15) is 4.31 Å². The Morgan fingerprint density at radius 1 is 1.06 bits per heavy atom. The van der Waals surface area contributed by atoms with Crippen molar-refractivity contribution >= 4 is 21.8 Å². The van der Waals surface area contributed by atoms with Gasteiger partial charge in [0, 0.05) is 25.2 Å². The van der Waals surface area contributed by atoms with Crippen LogP contribution >= 0.6 is 0 Å². The molecule has 2 heterocycles. The van der Waals surface area contributed by atoms with Gasteiger partial charge in [0.1, 0.15) is 11.9 Å². The predicted octanol–water partition coefficient (Wildman–Crippen LogP) is 3.78. The van der Waals surface area contributed by atoms with Gasteiger partial charge in [-0.3, -0.25) is 0 Å². The molecule has 0 unspecified atom stereocenters. The topological polar surface area (TPSA) is 162 Å². The molecule has 2 aromatic carbocycles. The Hall–Kier alpha value is -2.94. The van der Waals surface area contributed by atoms with E-state index < -0.39 is 46.2 Å². The van der Waals surface area contributed by atoms with Crippen LogP contribution in [0.1, 0.15) is 53.0 Å². The molecule has 2 aromatic rings. The number of hydrogen-bond donors (Lipinski definition) is 4. The van der Waals surface area contributed by atoms with E-state index in [1.807, 2.05) is 26.0 Å². The maximum atomic E-state index is 13.8. The summed E-state index contributed by atoms with van der Waals surface area (Å²) in [6.07, 6.45) is -1.49. The largest absolute Gasteiger partial charge is 0.497 e. The van der Waals surface area contributed by atoms with Gasteiger partial charge in [0.15, 0.2) is 6.29 Å². The van der Waals surface area contributed by atoms with Gasteiger partial charge < -0.3 is 40.4 Å². The number of sulfonamides is 1. The van der Waals surface area contributed by atoms with Gasteiger partial charge in [-0.15, -0.1) is 0 Å². The third-order valence-electron chi connectivity index (χ3n) is 9.13. The maximum Gasteiger partial charge on any atom is 0.407 e. The van der Waals surface area contributed by atoms with Gasteiger partial charge in [0.25, 0.3) is 0 Å². The zero-order valence-corrected chi connectivity index (χ0v) is 29.9. The van der Waals surface area contributed by atoms with Crippen LogP contribution in [0, 0.1) is 17.8 Å². The van der Waals surface area contributed by atoms with Crippen molar-refractivity contribution < 1.29 is 37.3 Å². The number of nitrogen functional groups attached to an aromatic ring is 1. The van der Waals surface area contributed by atoms with Crippen molar-refractivity contribution in [1.82, 2.24) is 14.9 Å². The number of anilines is 1. The number of carbonyl (C=O) groups is 1. The summed E-state index contributed by atoms with van der Waals surface area (Å²) in [5.74, 6) is 0.826. The average Bonchev–Trinajstić information content (AvgIpc) is 3.43. The Kier molecular flexibility index (Phi) is 13.1. The fraction of sp³-hybridized carbons (Fsp3) is 0.629. The number of carbonyl (C=O) groups excluding carboxylic acids is 1. The molecule has 0 radical (unpaired) electrons. The number of rotatable bonds is 16. The zero-order valence-electron chi connectivity index (χ0n) is 29.1. The number of aliphatic hydroxyl groups is 1. The highest BCUT2D eigenvalue weighted by molar-refractivity contribution is 7.89. The second kappa shape index (κ2) is 16.6. The van der Waals surface area contributed by atoms with Crippen LogP contribution in [0.4, 0.5) is 10.5 Å². The SMILES string of the molecule is CC[C@]1(NCC(C)C)CO[C@@H]2OCC[C@H](OC(=O)N[C@@H](Cc3ccc(OC)cc3)[C@H](O)CN(CC(C)C)S(=O)(=O)c3ccc(N)cc3)[C@@H]21. The van der Waals surface area contributed by atoms with Crippen LogP contribution in [0.5, 0.6) is 5.75 Å². The molecule has 2 aliphatic heterocycles. The van der Waals surface area contributed by atoms with E-state index in [1.165, 1.54) is 28.6 Å². The van der Waals surface area contributed by atoms with Crippen molar-refractivity contribution in [3.63, 3.8) is 0 Å². The first-order valence-electron chi connectivity index (χ1n) is 16.9. The Bertz CT molecular complexity index is 1420. The van der Waals surface area contributed by atoms with Crippen molar-refractivity contribution in [2.45, 2.75) is 88.9 Å². The molecular formula is C35H54N4O8S. The fourth-order valence-corrected chi connectivity index (χ4v) is 8.07. The molecule has 0 bridgehead atoms. The minimum atomic E-state index is -3.99. The van der Waals surface area contributed by atoms with Crippen molar-refractivity contribution in [3.05, 3.63) is 54.1 Å². The van der Waals surface area contributed by atoms with E-state index in [2.05, 4.69) is 31.4 Å². The number of nitrogens with one attached hydrogen (secondary N) is 2. The standard InChI is InChI=1S/C35H54N4O8S/c1-7-35(37-19-23(2)3)22-46-33-32(35)31(16-17-45-33)47-34(41)38-29(18-25-8-12-27(44-6)13-9-25)30(40)21-39(20-24(4)5)48(42,43)28-14-10-26(36)11-15-28/h8-15,23-24,29-33,37,40H,7,16-22,36H2,1-6H3,(H,38,41)/t29-,30+,31-,32-,33-,35-/m0/s1. The van der Waals surface area contributed by atoms with E-state index in [0.29, 0.717) is 37.0 Å². The zero-order chi connectivity index (χ0) is 35.1. The summed E-state index contributed by atoms with van der Waals surface area (Å²) in [5.41, 5.74) is 6.64. The molecule has 5 N–H and O–H groups in total. The fourth-order valence-electron chi connectivity index (χ4n) is 6.45. The lowest BCUT2D eigenvalue weighted by molar-refractivity contribution is -0.183. The summed E-state index contributed by atoms with van der Waals surface area (Å²) in [7, 11) is -2.41. The van der Waals surface area contributed by atoms with Crippen LogP contribution in [-0.4, -0.2) is 94.0 Å². The van der Waals surface area contributed by atoms with Crippen LogP contribution in [-0.2, 0) is 30.7 Å². The first kappa shape index (κ1) is 37.9. The molecule has 0 aromatic heterocycles. The molecule has 6 atom stereocenters. The minimum absolute atomic E-state index is 0.0306. The van der Waals surface area contributed by atoms with Gasteiger partial charge in [-0.1, -0.05) is 46.8 Å². The summed E-state index contributed by atoms with van der Waals surface area (Å²) < 4.78 is 52.2. The summed E-state index contributed by atoms with van der Waals surface area (Å²) in [6.45, 7) is 11.7. The summed E-state index contributed by atoms with van der Waals surface area (Å²) >= 11 is 0. The van der Waals surface area contributed by atoms with Gasteiger partial charge in [-0.25, -0.2) is 13.2 Å². The molecule has 48 heavy (non-hydrogen) atoms. The summed E-state index contributed by atoms with van der Waals surface area (Å²) in [5, 5.41) is 18.3. The van der Waals surface area contributed by atoms with Gasteiger partial charge in [-0.05, 0) is 73.2 Å². The van der Waals surface area contributed by atoms with Crippen LogP contribution in [0.3, 0.4) is 0 Å². The normalized spacial score (nSPS) is 24.0. The van der Waals surface area contributed by atoms with Gasteiger partial charge in [0.2, 0.25) is 10.0 Å². The third kappa shape index (κ3) is 9.39. The first-order chi connectivity index (χ1) is 22.8. The van der Waals surface area contributed by atoms with Crippen LogP contribution in [0.2, 0.25) is 0 Å². The second-order valence-corrected chi connectivity index (χ2v) is 15.7. The molecule has 2 saturated heterocycles. The number of ether oxygens (including phenoxy) is 4. The summed E-state index contributed by atoms with van der Waals surface area (Å²) in [4.78, 5) is 13.7. The smallest absolute Gasteiger partial charge is 0.407 e. The number of nitrogens with zero attached hydrogens (tertiary/aromatic N) is 1. The number of fused-ring (bicyclic) bond motifs is 1. The molecule has 0 spiro atoms. The van der Waals surface area contributed by atoms with E-state index >= 15 is 0 Å². The number of aliphatic hydroxyl groups excluding tert-OH is 1. The Morgan fingerprint density at radius 3 is 2.35 bits per heavy atom. The predicted molar refractivity (Wildman–Crippen MR) is 184 cm³/mol. The van der Waals surface area contributed by atoms with E-state index in [0.717, 1.165) is 18.5 Å². The number of benzene rings is 2. The number of alkyl carbamates (subject to hydrolysis) is 1. The van der Waals surface area contributed by atoms with Crippen molar-refractivity contribution in [3.8, 4) is 5.75 Å². The van der Waals surface area contributed by atoms with Crippen molar-refractivity contribution in [2.24, 2.45) is 17.8 Å². The molecule has 13 heteroatoms. The average molecular weight is 691 g/mol. The second-order valence-electron chi connectivity index (χ2n) is 13.7. The maximum absolute atomic E-state index is 13.8. The van der Waals surface area contributed by atoms with Crippen LogP contribution in [0.25, 0.3) is 0 Å². The van der Waals surface area contributed by atoms with Crippen molar-refractivity contribution in [1.29, 1.82) is 0 Å². The lowest BCUT2D eigenvalue weighted by Crippen LogP contribution is -2.59. The lowest BCUT2D eigenvalue weighted by Gasteiger charge is -2.42.